The van der Waals surface area contributed by atoms with Crippen molar-refractivity contribution in [2.45, 2.75) is 57.7 Å². The van der Waals surface area contributed by atoms with E-state index in [0.29, 0.717) is 5.76 Å². The van der Waals surface area contributed by atoms with Crippen LogP contribution in [0.4, 0.5) is 4.39 Å². The van der Waals surface area contributed by atoms with E-state index in [2.05, 4.69) is 5.32 Å². The van der Waals surface area contributed by atoms with Crippen molar-refractivity contribution < 1.29 is 28.6 Å². The minimum atomic E-state index is -1.06. The van der Waals surface area contributed by atoms with Gasteiger partial charge in [0.05, 0.1) is 7.11 Å². The summed E-state index contributed by atoms with van der Waals surface area (Å²) in [5.41, 5.74) is 0.964. The zero-order valence-corrected chi connectivity index (χ0v) is 18.5. The van der Waals surface area contributed by atoms with E-state index in [4.69, 9.17) is 9.47 Å². The lowest BCUT2D eigenvalue weighted by molar-refractivity contribution is -0.157. The van der Waals surface area contributed by atoms with Gasteiger partial charge in [-0.1, -0.05) is 24.3 Å². The topological polar surface area (TPSA) is 84.9 Å². The quantitative estimate of drug-likeness (QED) is 0.605. The highest BCUT2D eigenvalue weighted by molar-refractivity contribution is 5.78. The lowest BCUT2D eigenvalue weighted by atomic mass is 9.95. The molecule has 1 aliphatic rings. The second kappa shape index (κ2) is 10.4. The molecule has 3 atom stereocenters. The highest BCUT2D eigenvalue weighted by Gasteiger charge is 2.27. The normalized spacial score (nSPS) is 18.3. The first kappa shape index (κ1) is 24.3. The van der Waals surface area contributed by atoms with Gasteiger partial charge >= 0.3 is 11.9 Å². The Labute approximate surface area is 182 Å². The molecule has 0 aliphatic heterocycles. The molecule has 7 heteroatoms. The van der Waals surface area contributed by atoms with E-state index in [1.807, 2.05) is 18.2 Å². The molecule has 0 heterocycles. The number of carboxylic acids is 1. The number of aliphatic carboxylic acids is 1. The van der Waals surface area contributed by atoms with Gasteiger partial charge in [-0.3, -0.25) is 14.9 Å². The number of carbonyl (C=O) groups is 2. The Hall–Kier alpha value is -2.93. The van der Waals surface area contributed by atoms with Crippen LogP contribution >= 0.6 is 0 Å². The van der Waals surface area contributed by atoms with Gasteiger partial charge in [-0.2, -0.15) is 0 Å². The number of allylic oxidation sites excluding steroid dienone is 5. The molecule has 0 saturated carbocycles. The molecule has 2 N–H and O–H groups in total. The molecule has 0 amide bonds. The molecule has 0 radical (unpaired) electrons. The Morgan fingerprint density at radius 2 is 1.81 bits per heavy atom. The predicted molar refractivity (Wildman–Crippen MR) is 116 cm³/mol. The summed E-state index contributed by atoms with van der Waals surface area (Å²) in [6.45, 7) is 6.84. The summed E-state index contributed by atoms with van der Waals surface area (Å²) in [5.74, 6) is -1.68. The van der Waals surface area contributed by atoms with E-state index >= 15 is 0 Å². The maximum atomic E-state index is 13.9. The minimum Gasteiger partial charge on any atom is -0.497 e. The van der Waals surface area contributed by atoms with Gasteiger partial charge in [0, 0.05) is 5.92 Å². The number of ether oxygens (including phenoxy) is 2. The van der Waals surface area contributed by atoms with E-state index in [9.17, 15) is 19.1 Å². The smallest absolute Gasteiger partial charge is 0.323 e. The predicted octanol–water partition coefficient (Wildman–Crippen LogP) is 4.04. The molecule has 0 fully saturated rings. The van der Waals surface area contributed by atoms with E-state index < -0.39 is 29.6 Å². The van der Waals surface area contributed by atoms with Crippen LogP contribution in [0.2, 0.25) is 0 Å². The average molecular weight is 432 g/mol. The molecule has 0 aromatic heterocycles. The Morgan fingerprint density at radius 3 is 2.35 bits per heavy atom. The van der Waals surface area contributed by atoms with Crippen molar-refractivity contribution in [2.24, 2.45) is 0 Å². The van der Waals surface area contributed by atoms with Gasteiger partial charge in [0.25, 0.3) is 0 Å². The maximum absolute atomic E-state index is 13.9. The number of esters is 1. The summed E-state index contributed by atoms with van der Waals surface area (Å²) < 4.78 is 24.4. The Balaban J connectivity index is 2.10. The highest BCUT2D eigenvalue weighted by atomic mass is 19.1. The van der Waals surface area contributed by atoms with Crippen LogP contribution < -0.4 is 5.32 Å². The molecular formula is C24H30FNO5. The molecule has 0 spiro atoms. The van der Waals surface area contributed by atoms with Crippen LogP contribution in [0.3, 0.4) is 0 Å². The third-order valence-electron chi connectivity index (χ3n) is 4.64. The summed E-state index contributed by atoms with van der Waals surface area (Å²) in [5, 5.41) is 12.4. The molecule has 1 aliphatic carbocycles. The summed E-state index contributed by atoms with van der Waals surface area (Å²) in [4.78, 5) is 23.9. The van der Waals surface area contributed by atoms with Crippen molar-refractivity contribution in [3.8, 4) is 0 Å². The van der Waals surface area contributed by atoms with Crippen molar-refractivity contribution >= 4 is 11.9 Å². The van der Waals surface area contributed by atoms with Crippen LogP contribution in [-0.4, -0.2) is 41.8 Å². The van der Waals surface area contributed by atoms with Crippen molar-refractivity contribution in [1.29, 1.82) is 0 Å². The first-order valence-corrected chi connectivity index (χ1v) is 10.1. The fourth-order valence-corrected chi connectivity index (χ4v) is 3.09. The lowest BCUT2D eigenvalue weighted by Gasteiger charge is -2.24. The van der Waals surface area contributed by atoms with Gasteiger partial charge in [0.1, 0.15) is 29.3 Å². The van der Waals surface area contributed by atoms with Gasteiger partial charge in [-0.15, -0.1) is 0 Å². The minimum absolute atomic E-state index is 0.179. The summed E-state index contributed by atoms with van der Waals surface area (Å²) in [6.07, 6.45) is 6.38. The monoisotopic (exact) mass is 431 g/mol. The van der Waals surface area contributed by atoms with E-state index in [0.717, 1.165) is 11.1 Å². The number of hydrogen-bond donors (Lipinski definition) is 2. The van der Waals surface area contributed by atoms with Crippen LogP contribution in [0.15, 0.2) is 60.2 Å². The Morgan fingerprint density at radius 1 is 1.16 bits per heavy atom. The summed E-state index contributed by atoms with van der Waals surface area (Å²) in [6, 6.07) is 5.52. The number of carbonyl (C=O) groups excluding carboxylic acids is 1. The van der Waals surface area contributed by atoms with Crippen LogP contribution in [0.5, 0.6) is 0 Å². The number of carboxylic acid groups (broad SMARTS) is 1. The number of methoxy groups -OCH3 is 1. The van der Waals surface area contributed by atoms with Gasteiger partial charge in [0.15, 0.2) is 0 Å². The van der Waals surface area contributed by atoms with Crippen molar-refractivity contribution in [3.63, 3.8) is 0 Å². The molecule has 168 valence electrons. The van der Waals surface area contributed by atoms with Crippen molar-refractivity contribution in [1.82, 2.24) is 5.32 Å². The van der Waals surface area contributed by atoms with Gasteiger partial charge in [0.2, 0.25) is 0 Å². The SMILES string of the molecule is COC1=CC(c2ccc(CC(NC(C)C(=O)OC(C)(C)C)C(=O)O)cc2)C=C(F)C=C1. The fourth-order valence-electron chi connectivity index (χ4n) is 3.09. The second-order valence-corrected chi connectivity index (χ2v) is 8.44. The third kappa shape index (κ3) is 7.68. The number of benzene rings is 1. The molecule has 0 saturated heterocycles. The number of rotatable bonds is 8. The standard InChI is InChI=1S/C24H30FNO5/c1-15(23(29)31-24(2,3)4)26-21(22(27)28)12-16-6-8-17(9-7-16)18-13-19(25)10-11-20(14-18)30-5/h6-11,13-15,18,21,26H,12H2,1-5H3,(H,27,28). The number of nitrogens with one attached hydrogen (secondary N) is 1. The first-order valence-electron chi connectivity index (χ1n) is 10.1. The van der Waals surface area contributed by atoms with Gasteiger partial charge in [-0.05, 0) is 69.5 Å². The molecule has 3 unspecified atom stereocenters. The molecular weight excluding hydrogens is 401 g/mol. The summed E-state index contributed by atoms with van der Waals surface area (Å²) >= 11 is 0. The zero-order valence-electron chi connectivity index (χ0n) is 18.5. The molecule has 6 nitrogen and oxygen atoms in total. The van der Waals surface area contributed by atoms with Gasteiger partial charge in [-0.25, -0.2) is 4.39 Å². The molecule has 0 bridgehead atoms. The van der Waals surface area contributed by atoms with Crippen LogP contribution in [0, 0.1) is 0 Å². The van der Waals surface area contributed by atoms with E-state index in [-0.39, 0.29) is 18.2 Å². The fraction of sp³-hybridized carbons (Fsp3) is 0.417. The largest absolute Gasteiger partial charge is 0.497 e. The highest BCUT2D eigenvalue weighted by Crippen LogP contribution is 2.26. The van der Waals surface area contributed by atoms with Crippen molar-refractivity contribution in [2.75, 3.05) is 7.11 Å². The zero-order chi connectivity index (χ0) is 23.2. The van der Waals surface area contributed by atoms with Crippen LogP contribution in [0.25, 0.3) is 0 Å². The Kier molecular flexibility index (Phi) is 8.16. The third-order valence-corrected chi connectivity index (χ3v) is 4.64. The summed E-state index contributed by atoms with van der Waals surface area (Å²) in [7, 11) is 1.52. The average Bonchev–Trinajstić information content (AvgIpc) is 2.87. The lowest BCUT2D eigenvalue weighted by Crippen LogP contribution is -2.48. The second-order valence-electron chi connectivity index (χ2n) is 8.44. The van der Waals surface area contributed by atoms with Crippen LogP contribution in [-0.2, 0) is 25.5 Å². The molecule has 2 rings (SSSR count). The Bertz CT molecular complexity index is 880. The van der Waals surface area contributed by atoms with Crippen molar-refractivity contribution in [3.05, 3.63) is 71.3 Å². The number of hydrogen-bond acceptors (Lipinski definition) is 5. The maximum Gasteiger partial charge on any atom is 0.323 e. The first-order chi connectivity index (χ1) is 14.5. The van der Waals surface area contributed by atoms with E-state index in [1.54, 1.807) is 45.9 Å². The van der Waals surface area contributed by atoms with E-state index in [1.165, 1.54) is 19.3 Å². The molecule has 1 aromatic carbocycles. The number of halogens is 1. The van der Waals surface area contributed by atoms with Crippen LogP contribution in [0.1, 0.15) is 44.7 Å². The molecule has 31 heavy (non-hydrogen) atoms. The van der Waals surface area contributed by atoms with Gasteiger partial charge < -0.3 is 14.6 Å². The molecule has 1 aromatic rings.